The number of nitrogens with one attached hydrogen (secondary N) is 1. The molecule has 0 aliphatic heterocycles. The van der Waals surface area contributed by atoms with Gasteiger partial charge in [0.25, 0.3) is 5.56 Å². The molecule has 0 saturated heterocycles. The van der Waals surface area contributed by atoms with Gasteiger partial charge in [-0.1, -0.05) is 36.4 Å². The lowest BCUT2D eigenvalue weighted by Gasteiger charge is -2.07. The molecule has 1 N–H and O–H groups in total. The molecule has 0 radical (unpaired) electrons. The predicted molar refractivity (Wildman–Crippen MR) is 93.4 cm³/mol. The molecule has 0 fully saturated rings. The Morgan fingerprint density at radius 2 is 1.61 bits per heavy atom. The van der Waals surface area contributed by atoms with Crippen molar-refractivity contribution in [2.75, 3.05) is 5.43 Å². The average molecular weight is 306 g/mol. The van der Waals surface area contributed by atoms with E-state index in [9.17, 15) is 4.79 Å². The van der Waals surface area contributed by atoms with Crippen LogP contribution in [0, 0.1) is 6.92 Å². The van der Waals surface area contributed by atoms with E-state index in [1.165, 1.54) is 0 Å². The van der Waals surface area contributed by atoms with Gasteiger partial charge in [0.05, 0.1) is 23.2 Å². The molecule has 3 aromatic rings. The van der Waals surface area contributed by atoms with Crippen LogP contribution in [-0.2, 0) is 7.05 Å². The maximum absolute atomic E-state index is 12.7. The van der Waals surface area contributed by atoms with Crippen LogP contribution in [0.3, 0.4) is 0 Å². The number of para-hydroxylation sites is 2. The Hall–Kier alpha value is -3.08. The first-order valence-electron chi connectivity index (χ1n) is 7.36. The number of aromatic nitrogens is 2. The van der Waals surface area contributed by atoms with Gasteiger partial charge < -0.3 is 0 Å². The monoisotopic (exact) mass is 306 g/mol. The summed E-state index contributed by atoms with van der Waals surface area (Å²) in [5, 5.41) is 4.18. The Kier molecular flexibility index (Phi) is 4.10. The first-order chi connectivity index (χ1) is 11.2. The minimum Gasteiger partial charge on any atom is -0.285 e. The zero-order chi connectivity index (χ0) is 16.2. The first-order valence-corrected chi connectivity index (χ1v) is 7.36. The van der Waals surface area contributed by atoms with Crippen LogP contribution in [0.25, 0.3) is 5.69 Å². The highest BCUT2D eigenvalue weighted by Gasteiger charge is 2.14. The quantitative estimate of drug-likeness (QED) is 0.595. The third kappa shape index (κ3) is 2.94. The van der Waals surface area contributed by atoms with Gasteiger partial charge in [0.1, 0.15) is 0 Å². The molecule has 5 heteroatoms. The third-order valence-corrected chi connectivity index (χ3v) is 3.76. The molecule has 0 atom stereocenters. The van der Waals surface area contributed by atoms with Gasteiger partial charge >= 0.3 is 0 Å². The maximum Gasteiger partial charge on any atom is 0.280 e. The van der Waals surface area contributed by atoms with Crippen LogP contribution in [0.15, 0.2) is 70.6 Å². The van der Waals surface area contributed by atoms with Crippen molar-refractivity contribution in [2.24, 2.45) is 12.1 Å². The molecule has 116 valence electrons. The summed E-state index contributed by atoms with van der Waals surface area (Å²) in [4.78, 5) is 12.7. The SMILES string of the molecule is Cc1c(/C=N\Nc2ccccc2)c(=O)n(-c2ccccc2)n1C. The number of rotatable bonds is 4. The average Bonchev–Trinajstić information content (AvgIpc) is 2.80. The summed E-state index contributed by atoms with van der Waals surface area (Å²) in [5.74, 6) is 0. The van der Waals surface area contributed by atoms with Gasteiger partial charge in [-0.05, 0) is 31.2 Å². The zero-order valence-electron chi connectivity index (χ0n) is 13.1. The van der Waals surface area contributed by atoms with E-state index >= 15 is 0 Å². The molecule has 0 bridgehead atoms. The largest absolute Gasteiger partial charge is 0.285 e. The van der Waals surface area contributed by atoms with Crippen molar-refractivity contribution in [3.8, 4) is 5.69 Å². The van der Waals surface area contributed by atoms with Gasteiger partial charge in [0, 0.05) is 12.7 Å². The van der Waals surface area contributed by atoms with E-state index < -0.39 is 0 Å². The van der Waals surface area contributed by atoms with Crippen LogP contribution in [0.1, 0.15) is 11.3 Å². The minimum absolute atomic E-state index is 0.0881. The highest BCUT2D eigenvalue weighted by molar-refractivity contribution is 5.81. The van der Waals surface area contributed by atoms with E-state index in [1.807, 2.05) is 79.3 Å². The van der Waals surface area contributed by atoms with E-state index in [4.69, 9.17) is 0 Å². The Morgan fingerprint density at radius 1 is 1.00 bits per heavy atom. The fraction of sp³-hybridized carbons (Fsp3) is 0.111. The van der Waals surface area contributed by atoms with Crippen molar-refractivity contribution < 1.29 is 0 Å². The second-order valence-electron chi connectivity index (χ2n) is 5.21. The molecule has 0 saturated carbocycles. The van der Waals surface area contributed by atoms with Crippen LogP contribution < -0.4 is 11.0 Å². The summed E-state index contributed by atoms with van der Waals surface area (Å²) >= 11 is 0. The summed E-state index contributed by atoms with van der Waals surface area (Å²) in [6.45, 7) is 1.91. The molecule has 0 aliphatic rings. The predicted octanol–water partition coefficient (Wildman–Crippen LogP) is 2.93. The van der Waals surface area contributed by atoms with Crippen molar-refractivity contribution in [2.45, 2.75) is 6.92 Å². The Labute approximate surface area is 134 Å². The fourth-order valence-electron chi connectivity index (χ4n) is 2.42. The lowest BCUT2D eigenvalue weighted by atomic mass is 10.3. The second kappa shape index (κ2) is 6.36. The molecule has 3 rings (SSSR count). The summed E-state index contributed by atoms with van der Waals surface area (Å²) in [7, 11) is 1.87. The second-order valence-corrected chi connectivity index (χ2v) is 5.21. The molecule has 0 amide bonds. The molecule has 0 aliphatic carbocycles. The number of hydrazone groups is 1. The van der Waals surface area contributed by atoms with Crippen LogP contribution in [0.5, 0.6) is 0 Å². The van der Waals surface area contributed by atoms with Crippen molar-refractivity contribution in [1.29, 1.82) is 0 Å². The molecule has 1 aromatic heterocycles. The van der Waals surface area contributed by atoms with Gasteiger partial charge in [0.2, 0.25) is 0 Å². The zero-order valence-corrected chi connectivity index (χ0v) is 13.1. The smallest absolute Gasteiger partial charge is 0.280 e. The lowest BCUT2D eigenvalue weighted by Crippen LogP contribution is -2.20. The molecule has 23 heavy (non-hydrogen) atoms. The van der Waals surface area contributed by atoms with E-state index in [0.717, 1.165) is 17.1 Å². The van der Waals surface area contributed by atoms with E-state index in [1.54, 1.807) is 10.9 Å². The highest BCUT2D eigenvalue weighted by Crippen LogP contribution is 2.09. The van der Waals surface area contributed by atoms with E-state index in [-0.39, 0.29) is 5.56 Å². The third-order valence-electron chi connectivity index (χ3n) is 3.76. The summed E-state index contributed by atoms with van der Waals surface area (Å²) < 4.78 is 3.47. The molecule has 2 aromatic carbocycles. The van der Waals surface area contributed by atoms with Crippen molar-refractivity contribution in [1.82, 2.24) is 9.36 Å². The van der Waals surface area contributed by atoms with Crippen LogP contribution in [0.4, 0.5) is 5.69 Å². The van der Waals surface area contributed by atoms with Gasteiger partial charge in [-0.3, -0.25) is 14.9 Å². The number of anilines is 1. The molecular formula is C18H18N4O. The van der Waals surface area contributed by atoms with Crippen molar-refractivity contribution in [3.63, 3.8) is 0 Å². The first kappa shape index (κ1) is 14.8. The normalized spacial score (nSPS) is 11.0. The molecule has 1 heterocycles. The number of nitrogens with zero attached hydrogens (tertiary/aromatic N) is 3. The Morgan fingerprint density at radius 3 is 2.26 bits per heavy atom. The van der Waals surface area contributed by atoms with Crippen LogP contribution in [-0.4, -0.2) is 15.6 Å². The maximum atomic E-state index is 12.7. The topological polar surface area (TPSA) is 51.3 Å². The minimum atomic E-state index is -0.0881. The Bertz CT molecular complexity index is 877. The van der Waals surface area contributed by atoms with Gasteiger partial charge in [-0.25, -0.2) is 4.68 Å². The molecule has 0 spiro atoms. The van der Waals surface area contributed by atoms with E-state index in [2.05, 4.69) is 10.5 Å². The number of hydrogen-bond acceptors (Lipinski definition) is 3. The van der Waals surface area contributed by atoms with Gasteiger partial charge in [-0.15, -0.1) is 0 Å². The summed E-state index contributed by atoms with van der Waals surface area (Å²) in [6, 6.07) is 19.2. The number of hydrogen-bond donors (Lipinski definition) is 1. The van der Waals surface area contributed by atoms with Crippen LogP contribution in [0.2, 0.25) is 0 Å². The highest BCUT2D eigenvalue weighted by atomic mass is 16.1. The molecule has 5 nitrogen and oxygen atoms in total. The van der Waals surface area contributed by atoms with Crippen molar-refractivity contribution in [3.05, 3.63) is 82.3 Å². The Balaban J connectivity index is 1.94. The van der Waals surface area contributed by atoms with Crippen LogP contribution >= 0.6 is 0 Å². The lowest BCUT2D eigenvalue weighted by molar-refractivity contribution is 0.630. The van der Waals surface area contributed by atoms with Gasteiger partial charge in [0.15, 0.2) is 0 Å². The summed E-state index contributed by atoms with van der Waals surface area (Å²) in [5.41, 5.74) is 5.98. The van der Waals surface area contributed by atoms with Crippen molar-refractivity contribution >= 4 is 11.9 Å². The standard InChI is InChI=1S/C18H18N4O/c1-14-17(13-19-20-15-9-5-3-6-10-15)18(23)22(21(14)2)16-11-7-4-8-12-16/h3-13,20H,1-2H3/b19-13-. The molecular weight excluding hydrogens is 288 g/mol. The van der Waals surface area contributed by atoms with E-state index in [0.29, 0.717) is 5.56 Å². The summed E-state index contributed by atoms with van der Waals surface area (Å²) in [6.07, 6.45) is 1.57. The fourth-order valence-corrected chi connectivity index (χ4v) is 2.42. The molecule has 0 unspecified atom stereocenters. The van der Waals surface area contributed by atoms with Gasteiger partial charge in [-0.2, -0.15) is 5.10 Å². The number of benzene rings is 2.